The zero-order valence-corrected chi connectivity index (χ0v) is 24.0. The van der Waals surface area contributed by atoms with Gasteiger partial charge in [-0.25, -0.2) is 0 Å². The van der Waals surface area contributed by atoms with Gasteiger partial charge in [-0.15, -0.1) is 0 Å². The highest BCUT2D eigenvalue weighted by molar-refractivity contribution is 5.81. The summed E-state index contributed by atoms with van der Waals surface area (Å²) in [5, 5.41) is 9.31. The number of aliphatic carboxylic acids is 1. The molecule has 0 saturated carbocycles. The molecule has 0 aromatic rings. The Kier molecular flexibility index (Phi) is 22.2. The number of carboxylic acid groups (broad SMARTS) is 1. The minimum absolute atomic E-state index is 0.0473. The van der Waals surface area contributed by atoms with Gasteiger partial charge in [0, 0.05) is 19.5 Å². The molecule has 4 nitrogen and oxygen atoms in total. The van der Waals surface area contributed by atoms with Crippen molar-refractivity contribution >= 4 is 11.9 Å². The summed E-state index contributed by atoms with van der Waals surface area (Å²) < 4.78 is 0. The lowest BCUT2D eigenvalue weighted by Gasteiger charge is -2.33. The van der Waals surface area contributed by atoms with Gasteiger partial charge < -0.3 is 10.0 Å². The fourth-order valence-corrected chi connectivity index (χ4v) is 4.83. The fourth-order valence-electron chi connectivity index (χ4n) is 4.83. The van der Waals surface area contributed by atoms with Crippen LogP contribution in [0.1, 0.15) is 144 Å². The number of unbranched alkanes of at least 4 members (excludes halogenated alkanes) is 8. The zero-order valence-electron chi connectivity index (χ0n) is 24.0. The van der Waals surface area contributed by atoms with E-state index in [4.69, 9.17) is 0 Å². The average molecular weight is 494 g/mol. The van der Waals surface area contributed by atoms with E-state index in [2.05, 4.69) is 45.6 Å². The predicted molar refractivity (Wildman–Crippen MR) is 151 cm³/mol. The van der Waals surface area contributed by atoms with Crippen LogP contribution in [0.3, 0.4) is 0 Å². The summed E-state index contributed by atoms with van der Waals surface area (Å²) in [6.45, 7) is 12.8. The van der Waals surface area contributed by atoms with Crippen molar-refractivity contribution in [2.24, 2.45) is 17.8 Å². The molecule has 0 fully saturated rings. The van der Waals surface area contributed by atoms with Gasteiger partial charge >= 0.3 is 5.97 Å². The van der Waals surface area contributed by atoms with Crippen molar-refractivity contribution in [2.45, 2.75) is 144 Å². The van der Waals surface area contributed by atoms with Gasteiger partial charge in [0.2, 0.25) is 5.91 Å². The molecule has 0 aromatic heterocycles. The van der Waals surface area contributed by atoms with E-state index in [1.807, 2.05) is 6.08 Å². The van der Waals surface area contributed by atoms with Crippen LogP contribution in [0, 0.1) is 17.8 Å². The molecule has 3 atom stereocenters. The number of allylic oxidation sites excluding steroid dienone is 1. The first-order valence-electron chi connectivity index (χ1n) is 15.1. The average Bonchev–Trinajstić information content (AvgIpc) is 2.85. The normalized spacial score (nSPS) is 14.2. The van der Waals surface area contributed by atoms with Crippen LogP contribution in [0.5, 0.6) is 0 Å². The highest BCUT2D eigenvalue weighted by atomic mass is 16.4. The van der Waals surface area contributed by atoms with Gasteiger partial charge in [0.25, 0.3) is 0 Å². The zero-order chi connectivity index (χ0) is 26.3. The molecule has 0 aliphatic heterocycles. The van der Waals surface area contributed by atoms with E-state index >= 15 is 0 Å². The second-order valence-electron chi connectivity index (χ2n) is 10.6. The molecular formula is C31H59NO3. The second-order valence-corrected chi connectivity index (χ2v) is 10.6. The Labute approximate surface area is 218 Å². The van der Waals surface area contributed by atoms with Crippen molar-refractivity contribution in [1.29, 1.82) is 0 Å². The van der Waals surface area contributed by atoms with Crippen LogP contribution in [0.2, 0.25) is 0 Å². The van der Waals surface area contributed by atoms with Gasteiger partial charge in [0.15, 0.2) is 0 Å². The van der Waals surface area contributed by atoms with E-state index in [0.29, 0.717) is 18.3 Å². The molecule has 4 heteroatoms. The third kappa shape index (κ3) is 17.7. The lowest BCUT2D eigenvalue weighted by atomic mass is 9.93. The molecule has 0 bridgehead atoms. The molecule has 0 spiro atoms. The minimum atomic E-state index is -0.817. The summed E-state index contributed by atoms with van der Waals surface area (Å²) in [6.07, 6.45) is 22.4. The van der Waals surface area contributed by atoms with E-state index in [-0.39, 0.29) is 18.2 Å². The molecular weight excluding hydrogens is 434 g/mol. The second kappa shape index (κ2) is 23.1. The Morgan fingerprint density at radius 3 is 1.71 bits per heavy atom. The summed E-state index contributed by atoms with van der Waals surface area (Å²) >= 11 is 0. The molecule has 1 N–H and O–H groups in total. The molecule has 0 heterocycles. The summed E-state index contributed by atoms with van der Waals surface area (Å²) in [5.74, 6) is 0.0564. The van der Waals surface area contributed by atoms with Gasteiger partial charge in [-0.2, -0.15) is 0 Å². The first-order chi connectivity index (χ1) is 16.9. The lowest BCUT2D eigenvalue weighted by molar-refractivity contribution is -0.138. The van der Waals surface area contributed by atoms with Crippen LogP contribution in [0.25, 0.3) is 0 Å². The fraction of sp³-hybridized carbons (Fsp3) is 0.871. The Bertz CT molecular complexity index is 527. The molecule has 0 saturated heterocycles. The maximum absolute atomic E-state index is 13.8. The van der Waals surface area contributed by atoms with Crippen molar-refractivity contribution in [3.63, 3.8) is 0 Å². The minimum Gasteiger partial charge on any atom is -0.481 e. The van der Waals surface area contributed by atoms with Crippen molar-refractivity contribution in [1.82, 2.24) is 4.90 Å². The van der Waals surface area contributed by atoms with Gasteiger partial charge in [-0.1, -0.05) is 117 Å². The molecule has 1 amide bonds. The molecule has 0 rings (SSSR count). The number of rotatable bonds is 24. The Hall–Kier alpha value is -1.32. The summed E-state index contributed by atoms with van der Waals surface area (Å²) in [6, 6.07) is 0. The maximum atomic E-state index is 13.8. The Morgan fingerprint density at radius 2 is 1.23 bits per heavy atom. The molecule has 206 valence electrons. The SMILES string of the molecule is CCCCCCCC/C=C\C(CCC(=O)O)C(=O)N(CC(CC)CCCC)CC(CC)CCCC. The number of hydrogen-bond donors (Lipinski definition) is 1. The van der Waals surface area contributed by atoms with E-state index in [9.17, 15) is 14.7 Å². The number of carboxylic acids is 1. The van der Waals surface area contributed by atoms with Crippen LogP contribution in [-0.2, 0) is 9.59 Å². The van der Waals surface area contributed by atoms with Gasteiger partial charge in [-0.3, -0.25) is 9.59 Å². The number of nitrogens with zero attached hydrogens (tertiary/aromatic N) is 1. The van der Waals surface area contributed by atoms with Crippen LogP contribution in [0.15, 0.2) is 12.2 Å². The third-order valence-corrected chi connectivity index (χ3v) is 7.43. The van der Waals surface area contributed by atoms with E-state index < -0.39 is 5.97 Å². The summed E-state index contributed by atoms with van der Waals surface area (Å²) in [7, 11) is 0. The van der Waals surface area contributed by atoms with E-state index in [1.165, 1.54) is 57.8 Å². The van der Waals surface area contributed by atoms with Gasteiger partial charge in [0.1, 0.15) is 0 Å². The number of hydrogen-bond acceptors (Lipinski definition) is 2. The lowest BCUT2D eigenvalue weighted by Crippen LogP contribution is -2.42. The molecule has 0 aliphatic carbocycles. The summed E-state index contributed by atoms with van der Waals surface area (Å²) in [4.78, 5) is 27.3. The predicted octanol–water partition coefficient (Wildman–Crippen LogP) is 9.04. The quantitative estimate of drug-likeness (QED) is 0.108. The number of carbonyl (C=O) groups excluding carboxylic acids is 1. The molecule has 3 unspecified atom stereocenters. The van der Waals surface area contributed by atoms with E-state index in [1.54, 1.807) is 0 Å². The molecule has 0 radical (unpaired) electrons. The number of carbonyl (C=O) groups is 2. The topological polar surface area (TPSA) is 57.6 Å². The standard InChI is InChI=1S/C31H59NO3/c1-6-11-14-15-16-17-18-19-22-29(23-24-30(33)34)31(35)32(25-27(9-4)20-12-7-2)26-28(10-5)21-13-8-3/h19,22,27-29H,6-18,20-21,23-26H2,1-5H3,(H,33,34)/b22-19-. The van der Waals surface area contributed by atoms with Gasteiger partial charge in [0.05, 0.1) is 5.92 Å². The Morgan fingerprint density at radius 1 is 0.714 bits per heavy atom. The molecule has 0 aromatic carbocycles. The highest BCUT2D eigenvalue weighted by Crippen LogP contribution is 2.23. The van der Waals surface area contributed by atoms with Crippen LogP contribution >= 0.6 is 0 Å². The monoisotopic (exact) mass is 493 g/mol. The van der Waals surface area contributed by atoms with Crippen molar-refractivity contribution in [2.75, 3.05) is 13.1 Å². The van der Waals surface area contributed by atoms with Crippen LogP contribution in [0.4, 0.5) is 0 Å². The first kappa shape index (κ1) is 33.7. The Balaban J connectivity index is 5.39. The van der Waals surface area contributed by atoms with Crippen LogP contribution < -0.4 is 0 Å². The first-order valence-corrected chi connectivity index (χ1v) is 15.1. The van der Waals surface area contributed by atoms with E-state index in [0.717, 1.165) is 51.6 Å². The molecule has 35 heavy (non-hydrogen) atoms. The highest BCUT2D eigenvalue weighted by Gasteiger charge is 2.26. The van der Waals surface area contributed by atoms with Crippen molar-refractivity contribution in [3.8, 4) is 0 Å². The largest absolute Gasteiger partial charge is 0.481 e. The summed E-state index contributed by atoms with van der Waals surface area (Å²) in [5.41, 5.74) is 0. The van der Waals surface area contributed by atoms with Crippen molar-refractivity contribution in [3.05, 3.63) is 12.2 Å². The molecule has 0 aliphatic rings. The third-order valence-electron chi connectivity index (χ3n) is 7.43. The number of amides is 1. The van der Waals surface area contributed by atoms with Crippen LogP contribution in [-0.4, -0.2) is 35.0 Å². The van der Waals surface area contributed by atoms with Crippen molar-refractivity contribution < 1.29 is 14.7 Å². The van der Waals surface area contributed by atoms with Gasteiger partial charge in [-0.05, 0) is 43.9 Å². The smallest absolute Gasteiger partial charge is 0.303 e. The maximum Gasteiger partial charge on any atom is 0.303 e.